The average Bonchev–Trinajstić information content (AvgIpc) is 2.99. The van der Waals surface area contributed by atoms with Crippen LogP contribution in [0.3, 0.4) is 0 Å². The van der Waals surface area contributed by atoms with Crippen LogP contribution < -0.4 is 5.32 Å². The quantitative estimate of drug-likeness (QED) is 0.867. The Morgan fingerprint density at radius 2 is 2.00 bits per heavy atom. The number of benzene rings is 1. The van der Waals surface area contributed by atoms with Gasteiger partial charge in [-0.25, -0.2) is 0 Å². The number of nitrogens with one attached hydrogen (secondary N) is 1. The molecule has 2 nitrogen and oxygen atoms in total. The highest BCUT2D eigenvalue weighted by molar-refractivity contribution is 5.28. The predicted molar refractivity (Wildman–Crippen MR) is 87.4 cm³/mol. The molecule has 0 bridgehead atoms. The summed E-state index contributed by atoms with van der Waals surface area (Å²) in [5, 5.41) is 3.91. The molecule has 2 fully saturated rings. The summed E-state index contributed by atoms with van der Waals surface area (Å²) in [6.07, 6.45) is 7.11. The second kappa shape index (κ2) is 6.10. The van der Waals surface area contributed by atoms with Crippen LogP contribution in [0.25, 0.3) is 0 Å². The molecule has 1 N–H and O–H groups in total. The number of hydrogen-bond donors (Lipinski definition) is 1. The Hall–Kier alpha value is -0.860. The van der Waals surface area contributed by atoms with Gasteiger partial charge in [-0.3, -0.25) is 0 Å². The van der Waals surface area contributed by atoms with Crippen LogP contribution in [0, 0.1) is 12.3 Å². The molecular formula is C19H29NO. The van der Waals surface area contributed by atoms with Gasteiger partial charge in [0, 0.05) is 24.1 Å². The highest BCUT2D eigenvalue weighted by atomic mass is 16.5. The van der Waals surface area contributed by atoms with E-state index in [1.54, 1.807) is 0 Å². The smallest absolute Gasteiger partial charge is 0.0661 e. The van der Waals surface area contributed by atoms with Gasteiger partial charge in [-0.2, -0.15) is 0 Å². The molecule has 0 heterocycles. The summed E-state index contributed by atoms with van der Waals surface area (Å²) < 4.78 is 6.02. The Labute approximate surface area is 129 Å². The van der Waals surface area contributed by atoms with Crippen LogP contribution in [0.15, 0.2) is 24.3 Å². The van der Waals surface area contributed by atoms with E-state index in [0.717, 1.165) is 6.61 Å². The van der Waals surface area contributed by atoms with Crippen LogP contribution in [0.1, 0.15) is 63.1 Å². The first-order valence-corrected chi connectivity index (χ1v) is 8.60. The van der Waals surface area contributed by atoms with Crippen molar-refractivity contribution in [2.24, 2.45) is 5.41 Å². The van der Waals surface area contributed by atoms with Crippen molar-refractivity contribution in [1.29, 1.82) is 0 Å². The number of ether oxygens (including phenoxy) is 1. The van der Waals surface area contributed by atoms with Crippen LogP contribution in [-0.4, -0.2) is 18.8 Å². The van der Waals surface area contributed by atoms with Gasteiger partial charge in [0.05, 0.1) is 6.10 Å². The monoisotopic (exact) mass is 287 g/mol. The zero-order valence-corrected chi connectivity index (χ0v) is 13.7. The Morgan fingerprint density at radius 1 is 1.29 bits per heavy atom. The first-order valence-electron chi connectivity index (χ1n) is 8.60. The molecule has 0 aliphatic heterocycles. The van der Waals surface area contributed by atoms with E-state index in [9.17, 15) is 0 Å². The minimum absolute atomic E-state index is 0.424. The molecule has 3 atom stereocenters. The van der Waals surface area contributed by atoms with Gasteiger partial charge in [0.1, 0.15) is 0 Å². The van der Waals surface area contributed by atoms with Gasteiger partial charge in [0.25, 0.3) is 0 Å². The van der Waals surface area contributed by atoms with E-state index in [0.29, 0.717) is 23.6 Å². The van der Waals surface area contributed by atoms with E-state index in [1.165, 1.54) is 43.2 Å². The van der Waals surface area contributed by atoms with Gasteiger partial charge in [0.15, 0.2) is 0 Å². The lowest BCUT2D eigenvalue weighted by atomic mass is 9.60. The third-order valence-corrected chi connectivity index (χ3v) is 5.79. The number of hydrogen-bond acceptors (Lipinski definition) is 2. The fourth-order valence-electron chi connectivity index (χ4n) is 4.58. The second-order valence-corrected chi connectivity index (χ2v) is 6.92. The minimum atomic E-state index is 0.424. The summed E-state index contributed by atoms with van der Waals surface area (Å²) >= 11 is 0. The van der Waals surface area contributed by atoms with E-state index in [4.69, 9.17) is 4.74 Å². The summed E-state index contributed by atoms with van der Waals surface area (Å²) in [7, 11) is 0. The molecule has 0 saturated heterocycles. The van der Waals surface area contributed by atoms with Gasteiger partial charge in [-0.1, -0.05) is 37.1 Å². The maximum atomic E-state index is 6.02. The van der Waals surface area contributed by atoms with E-state index < -0.39 is 0 Å². The van der Waals surface area contributed by atoms with E-state index in [1.807, 2.05) is 0 Å². The van der Waals surface area contributed by atoms with Crippen LogP contribution in [0.2, 0.25) is 0 Å². The summed E-state index contributed by atoms with van der Waals surface area (Å²) in [5.41, 5.74) is 3.25. The van der Waals surface area contributed by atoms with Crippen molar-refractivity contribution < 1.29 is 4.74 Å². The van der Waals surface area contributed by atoms with Crippen molar-refractivity contribution in [3.05, 3.63) is 35.4 Å². The van der Waals surface area contributed by atoms with Crippen molar-refractivity contribution in [2.45, 2.75) is 71.1 Å². The fraction of sp³-hybridized carbons (Fsp3) is 0.684. The first-order chi connectivity index (χ1) is 10.2. The molecular weight excluding hydrogens is 258 g/mol. The Morgan fingerprint density at radius 3 is 2.67 bits per heavy atom. The van der Waals surface area contributed by atoms with Crippen molar-refractivity contribution in [3.8, 4) is 0 Å². The van der Waals surface area contributed by atoms with Gasteiger partial charge in [-0.05, 0) is 51.2 Å². The largest absolute Gasteiger partial charge is 0.378 e. The lowest BCUT2D eigenvalue weighted by molar-refractivity contribution is -0.132. The van der Waals surface area contributed by atoms with Gasteiger partial charge >= 0.3 is 0 Å². The van der Waals surface area contributed by atoms with Crippen LogP contribution in [-0.2, 0) is 4.74 Å². The SMILES string of the molecule is CCOC1CC(N[C@@H](C)c2ccccc2C)C12CCCC2. The van der Waals surface area contributed by atoms with Crippen LogP contribution in [0.4, 0.5) is 0 Å². The summed E-state index contributed by atoms with van der Waals surface area (Å²) in [5.74, 6) is 0. The van der Waals surface area contributed by atoms with Gasteiger partial charge in [0.2, 0.25) is 0 Å². The first kappa shape index (κ1) is 15.1. The average molecular weight is 287 g/mol. The maximum Gasteiger partial charge on any atom is 0.0661 e. The molecule has 2 unspecified atom stereocenters. The van der Waals surface area contributed by atoms with E-state index in [2.05, 4.69) is 50.4 Å². The minimum Gasteiger partial charge on any atom is -0.378 e. The molecule has 0 amide bonds. The Kier molecular flexibility index (Phi) is 4.37. The van der Waals surface area contributed by atoms with Crippen molar-refractivity contribution in [1.82, 2.24) is 5.32 Å². The zero-order valence-electron chi connectivity index (χ0n) is 13.7. The van der Waals surface area contributed by atoms with Crippen molar-refractivity contribution >= 4 is 0 Å². The molecule has 2 aliphatic carbocycles. The third kappa shape index (κ3) is 2.64. The molecule has 21 heavy (non-hydrogen) atoms. The molecule has 0 radical (unpaired) electrons. The predicted octanol–water partition coefficient (Wildman–Crippen LogP) is 4.38. The summed E-state index contributed by atoms with van der Waals surface area (Å²) in [4.78, 5) is 0. The molecule has 1 aromatic carbocycles. The molecule has 2 saturated carbocycles. The molecule has 3 rings (SSSR count). The van der Waals surface area contributed by atoms with E-state index in [-0.39, 0.29) is 0 Å². The molecule has 2 aliphatic rings. The summed E-state index contributed by atoms with van der Waals surface area (Å²) in [6, 6.07) is 9.80. The molecule has 0 aromatic heterocycles. The van der Waals surface area contributed by atoms with Gasteiger partial charge < -0.3 is 10.1 Å². The normalized spacial score (nSPS) is 28.5. The molecule has 1 spiro atoms. The highest BCUT2D eigenvalue weighted by Gasteiger charge is 2.56. The maximum absolute atomic E-state index is 6.02. The summed E-state index contributed by atoms with van der Waals surface area (Å²) in [6.45, 7) is 7.49. The number of aryl methyl sites for hydroxylation is 1. The van der Waals surface area contributed by atoms with Crippen LogP contribution >= 0.6 is 0 Å². The van der Waals surface area contributed by atoms with Crippen molar-refractivity contribution in [3.63, 3.8) is 0 Å². The highest BCUT2D eigenvalue weighted by Crippen LogP contribution is 2.55. The Bertz CT molecular complexity index is 478. The molecule has 2 heteroatoms. The topological polar surface area (TPSA) is 21.3 Å². The van der Waals surface area contributed by atoms with Crippen molar-refractivity contribution in [2.75, 3.05) is 6.61 Å². The zero-order chi connectivity index (χ0) is 14.9. The molecule has 116 valence electrons. The second-order valence-electron chi connectivity index (χ2n) is 6.92. The fourth-order valence-corrected chi connectivity index (χ4v) is 4.58. The van der Waals surface area contributed by atoms with Gasteiger partial charge in [-0.15, -0.1) is 0 Å². The lowest BCUT2D eigenvalue weighted by Crippen LogP contribution is -2.63. The third-order valence-electron chi connectivity index (χ3n) is 5.79. The van der Waals surface area contributed by atoms with E-state index >= 15 is 0 Å². The van der Waals surface area contributed by atoms with Crippen LogP contribution in [0.5, 0.6) is 0 Å². The number of rotatable bonds is 5. The molecule has 1 aromatic rings. The Balaban J connectivity index is 1.69. The standard InChI is InChI=1S/C19H29NO/c1-4-21-18-13-17(19(18)11-7-8-12-19)20-15(3)16-10-6-5-9-14(16)2/h5-6,9-10,15,17-18,20H,4,7-8,11-13H2,1-3H3/t15-,17?,18?/m0/s1. The lowest BCUT2D eigenvalue weighted by Gasteiger charge is -2.55.